The van der Waals surface area contributed by atoms with Crippen LogP contribution in [-0.2, 0) is 0 Å². The fraction of sp³-hybridized carbons (Fsp3) is 0.364. The minimum atomic E-state index is -0.520. The molecule has 8 heteroatoms. The van der Waals surface area contributed by atoms with E-state index in [2.05, 4.69) is 15.2 Å². The summed E-state index contributed by atoms with van der Waals surface area (Å²) in [7, 11) is 0. The Morgan fingerprint density at radius 1 is 1.20 bits per heavy atom. The first kappa shape index (κ1) is 18.7. The van der Waals surface area contributed by atoms with Crippen LogP contribution in [0.15, 0.2) is 48.9 Å². The van der Waals surface area contributed by atoms with Crippen molar-refractivity contribution in [3.63, 3.8) is 0 Å². The highest BCUT2D eigenvalue weighted by Crippen LogP contribution is 2.43. The van der Waals surface area contributed by atoms with E-state index >= 15 is 0 Å². The standard InChI is InChI=1S/C22H22FN5O2/c1-14-5-8-20(24-12-14)30-13-15-11-16-6-7-19(15)27(16)22(29)17-3-2-4-18(23)21(17)28-25-9-10-26-28/h2-5,8-10,12,15-16,19H,6-7,11,13H2,1H3. The third kappa shape index (κ3) is 3.22. The van der Waals surface area contributed by atoms with Gasteiger partial charge in [-0.2, -0.15) is 10.2 Å². The number of hydrogen-bond donors (Lipinski definition) is 0. The second kappa shape index (κ2) is 7.51. The number of halogens is 1. The second-order valence-electron chi connectivity index (χ2n) is 7.95. The number of carbonyl (C=O) groups excluding carboxylic acids is 1. The number of nitrogens with zero attached hydrogens (tertiary/aromatic N) is 5. The molecule has 2 aromatic heterocycles. The number of carbonyl (C=O) groups is 1. The molecule has 7 nitrogen and oxygen atoms in total. The van der Waals surface area contributed by atoms with Crippen molar-refractivity contribution in [2.24, 2.45) is 5.92 Å². The molecule has 2 saturated heterocycles. The van der Waals surface area contributed by atoms with E-state index < -0.39 is 5.82 Å². The number of para-hydroxylation sites is 1. The number of amides is 1. The van der Waals surface area contributed by atoms with Gasteiger partial charge in [0.1, 0.15) is 5.69 Å². The van der Waals surface area contributed by atoms with E-state index in [1.165, 1.54) is 23.3 Å². The lowest BCUT2D eigenvalue weighted by atomic mass is 9.90. The van der Waals surface area contributed by atoms with Crippen LogP contribution >= 0.6 is 0 Å². The number of benzene rings is 1. The monoisotopic (exact) mass is 407 g/mol. The number of hydrogen-bond acceptors (Lipinski definition) is 5. The maximum atomic E-state index is 14.6. The zero-order valence-corrected chi connectivity index (χ0v) is 16.6. The average molecular weight is 407 g/mol. The molecule has 0 radical (unpaired) electrons. The van der Waals surface area contributed by atoms with Crippen molar-refractivity contribution in [3.8, 4) is 11.6 Å². The van der Waals surface area contributed by atoms with Gasteiger partial charge in [-0.05, 0) is 43.9 Å². The van der Waals surface area contributed by atoms with Gasteiger partial charge in [-0.25, -0.2) is 9.37 Å². The van der Waals surface area contributed by atoms with Gasteiger partial charge in [0, 0.05) is 30.3 Å². The molecule has 1 aromatic carbocycles. The molecule has 2 fully saturated rings. The summed E-state index contributed by atoms with van der Waals surface area (Å²) in [6.07, 6.45) is 7.48. The van der Waals surface area contributed by atoms with Crippen LogP contribution in [0, 0.1) is 18.7 Å². The van der Waals surface area contributed by atoms with Crippen LogP contribution in [0.25, 0.3) is 5.69 Å². The first-order valence-corrected chi connectivity index (χ1v) is 10.1. The number of pyridine rings is 1. The van der Waals surface area contributed by atoms with Gasteiger partial charge in [-0.3, -0.25) is 4.79 Å². The summed E-state index contributed by atoms with van der Waals surface area (Å²) in [5.41, 5.74) is 1.46. The first-order chi connectivity index (χ1) is 14.6. The highest BCUT2D eigenvalue weighted by molar-refractivity contribution is 5.98. The molecular formula is C22H22FN5O2. The molecule has 3 atom stereocenters. The largest absolute Gasteiger partial charge is 0.477 e. The van der Waals surface area contributed by atoms with Crippen molar-refractivity contribution >= 4 is 5.91 Å². The smallest absolute Gasteiger partial charge is 0.256 e. The summed E-state index contributed by atoms with van der Waals surface area (Å²) >= 11 is 0. The lowest BCUT2D eigenvalue weighted by molar-refractivity contribution is 0.0709. The van der Waals surface area contributed by atoms with Crippen LogP contribution in [0.2, 0.25) is 0 Å². The molecular weight excluding hydrogens is 385 g/mol. The van der Waals surface area contributed by atoms with Crippen molar-refractivity contribution in [2.75, 3.05) is 6.61 Å². The molecule has 2 aliphatic heterocycles. The Balaban J connectivity index is 1.36. The Morgan fingerprint density at radius 2 is 2.03 bits per heavy atom. The zero-order valence-electron chi connectivity index (χ0n) is 16.6. The molecule has 0 spiro atoms. The molecule has 0 N–H and O–H groups in total. The van der Waals surface area contributed by atoms with E-state index in [1.54, 1.807) is 18.3 Å². The highest BCUT2D eigenvalue weighted by atomic mass is 19.1. The maximum Gasteiger partial charge on any atom is 0.256 e. The van der Waals surface area contributed by atoms with Crippen LogP contribution in [-0.4, -0.2) is 49.5 Å². The fourth-order valence-corrected chi connectivity index (χ4v) is 4.70. The predicted molar refractivity (Wildman–Crippen MR) is 107 cm³/mol. The van der Waals surface area contributed by atoms with E-state index in [0.29, 0.717) is 12.5 Å². The minimum absolute atomic E-state index is 0.0784. The quantitative estimate of drug-likeness (QED) is 0.650. The molecule has 0 saturated carbocycles. The van der Waals surface area contributed by atoms with Crippen LogP contribution in [0.5, 0.6) is 5.88 Å². The summed E-state index contributed by atoms with van der Waals surface area (Å²) in [5, 5.41) is 8.05. The van der Waals surface area contributed by atoms with Gasteiger partial charge in [-0.15, -0.1) is 4.80 Å². The molecule has 1 amide bonds. The van der Waals surface area contributed by atoms with Gasteiger partial charge in [0.2, 0.25) is 5.88 Å². The van der Waals surface area contributed by atoms with Crippen molar-refractivity contribution in [3.05, 3.63) is 65.9 Å². The minimum Gasteiger partial charge on any atom is -0.477 e. The molecule has 154 valence electrons. The molecule has 2 bridgehead atoms. The Labute approximate surface area is 173 Å². The van der Waals surface area contributed by atoms with Crippen LogP contribution in [0.4, 0.5) is 4.39 Å². The topological polar surface area (TPSA) is 73.1 Å². The van der Waals surface area contributed by atoms with Gasteiger partial charge in [0.05, 0.1) is 24.6 Å². The molecule has 3 unspecified atom stereocenters. The molecule has 5 rings (SSSR count). The maximum absolute atomic E-state index is 14.6. The SMILES string of the molecule is Cc1ccc(OCC2CC3CCC2N3C(=O)c2cccc(F)c2-n2nccn2)nc1. The average Bonchev–Trinajstić information content (AvgIpc) is 3.49. The fourth-order valence-electron chi connectivity index (χ4n) is 4.70. The van der Waals surface area contributed by atoms with E-state index in [4.69, 9.17) is 4.74 Å². The number of fused-ring (bicyclic) bond motifs is 2. The van der Waals surface area contributed by atoms with E-state index in [-0.39, 0.29) is 35.2 Å². The zero-order chi connectivity index (χ0) is 20.7. The Morgan fingerprint density at radius 3 is 2.80 bits per heavy atom. The first-order valence-electron chi connectivity index (χ1n) is 10.1. The van der Waals surface area contributed by atoms with Crippen molar-refractivity contribution in [1.82, 2.24) is 24.9 Å². The summed E-state index contributed by atoms with van der Waals surface area (Å²) in [6.45, 7) is 2.49. The summed E-state index contributed by atoms with van der Waals surface area (Å²) in [4.78, 5) is 20.8. The summed E-state index contributed by atoms with van der Waals surface area (Å²) in [6, 6.07) is 8.56. The van der Waals surface area contributed by atoms with Crippen LogP contribution < -0.4 is 4.74 Å². The van der Waals surface area contributed by atoms with E-state index in [0.717, 1.165) is 24.8 Å². The number of aryl methyl sites for hydroxylation is 1. The van der Waals surface area contributed by atoms with E-state index in [9.17, 15) is 9.18 Å². The van der Waals surface area contributed by atoms with Gasteiger partial charge >= 0.3 is 0 Å². The van der Waals surface area contributed by atoms with Gasteiger partial charge < -0.3 is 9.64 Å². The second-order valence-corrected chi connectivity index (χ2v) is 7.95. The third-order valence-corrected chi connectivity index (χ3v) is 6.07. The number of ether oxygens (including phenoxy) is 1. The van der Waals surface area contributed by atoms with Crippen molar-refractivity contribution in [2.45, 2.75) is 38.3 Å². The number of aromatic nitrogens is 4. The molecule has 2 aliphatic rings. The number of rotatable bonds is 5. The van der Waals surface area contributed by atoms with Gasteiger partial charge in [-0.1, -0.05) is 12.1 Å². The van der Waals surface area contributed by atoms with Crippen molar-refractivity contribution < 1.29 is 13.9 Å². The summed E-state index contributed by atoms with van der Waals surface area (Å²) in [5.74, 6) is 0.133. The Hall–Kier alpha value is -3.29. The third-order valence-electron chi connectivity index (χ3n) is 6.07. The Bertz CT molecular complexity index is 1050. The van der Waals surface area contributed by atoms with Crippen LogP contribution in [0.3, 0.4) is 0 Å². The molecule has 0 aliphatic carbocycles. The molecule has 3 aromatic rings. The van der Waals surface area contributed by atoms with Gasteiger partial charge in [0.25, 0.3) is 5.91 Å². The Kier molecular flexibility index (Phi) is 4.69. The van der Waals surface area contributed by atoms with Crippen molar-refractivity contribution in [1.29, 1.82) is 0 Å². The molecule has 30 heavy (non-hydrogen) atoms. The highest BCUT2D eigenvalue weighted by Gasteiger charge is 2.49. The normalized spacial score (nSPS) is 22.5. The lowest BCUT2D eigenvalue weighted by Crippen LogP contribution is -2.38. The summed E-state index contributed by atoms with van der Waals surface area (Å²) < 4.78 is 20.5. The predicted octanol–water partition coefficient (Wildman–Crippen LogP) is 3.18. The van der Waals surface area contributed by atoms with Crippen LogP contribution in [0.1, 0.15) is 35.2 Å². The van der Waals surface area contributed by atoms with Gasteiger partial charge in [0.15, 0.2) is 5.82 Å². The molecule has 4 heterocycles. The lowest BCUT2D eigenvalue weighted by Gasteiger charge is -2.25. The van der Waals surface area contributed by atoms with E-state index in [1.807, 2.05) is 24.0 Å².